The van der Waals surface area contributed by atoms with Crippen LogP contribution in [0.4, 0.5) is 10.1 Å². The summed E-state index contributed by atoms with van der Waals surface area (Å²) in [6.45, 7) is 1.03. The predicted molar refractivity (Wildman–Crippen MR) is 89.8 cm³/mol. The van der Waals surface area contributed by atoms with Crippen molar-refractivity contribution in [3.63, 3.8) is 0 Å². The van der Waals surface area contributed by atoms with Crippen LogP contribution in [0.2, 0.25) is 0 Å². The molecule has 8 nitrogen and oxygen atoms in total. The normalized spacial score (nSPS) is 11.6. The third-order valence-corrected chi connectivity index (χ3v) is 5.08. The van der Waals surface area contributed by atoms with Gasteiger partial charge in [-0.25, -0.2) is 13.6 Å². The highest BCUT2D eigenvalue weighted by molar-refractivity contribution is 9.13. The number of rotatable bonds is 5. The Morgan fingerprint density at radius 2 is 2.12 bits per heavy atom. The minimum absolute atomic E-state index is 0.0442. The highest BCUT2D eigenvalue weighted by atomic mass is 79.9. The molecular weight excluding hydrogens is 476 g/mol. The van der Waals surface area contributed by atoms with Gasteiger partial charge in [0.2, 0.25) is 0 Å². The maximum absolute atomic E-state index is 13.9. The first-order chi connectivity index (χ1) is 11.1. The molecule has 0 fully saturated rings. The van der Waals surface area contributed by atoms with Gasteiger partial charge in [0.1, 0.15) is 16.1 Å². The number of nitrogens with zero attached hydrogens (tertiary/aromatic N) is 2. The van der Waals surface area contributed by atoms with Gasteiger partial charge in [-0.1, -0.05) is 6.07 Å². The number of hydrogen-bond acceptors (Lipinski definition) is 4. The van der Waals surface area contributed by atoms with Crippen LogP contribution in [0.1, 0.15) is 16.1 Å². The maximum atomic E-state index is 13.9. The lowest BCUT2D eigenvalue weighted by Crippen LogP contribution is -2.19. The quantitative estimate of drug-likeness (QED) is 0.559. The van der Waals surface area contributed by atoms with Crippen LogP contribution < -0.4 is 5.32 Å². The van der Waals surface area contributed by atoms with E-state index in [1.54, 1.807) is 13.0 Å². The van der Waals surface area contributed by atoms with Crippen molar-refractivity contribution in [3.8, 4) is 0 Å². The third-order valence-electron chi connectivity index (χ3n) is 2.79. The number of phosphoric acid groups is 1. The molecule has 0 aliphatic heterocycles. The second-order valence-corrected chi connectivity index (χ2v) is 7.42. The molecule has 2 aromatic rings. The number of aryl methyl sites for hydroxylation is 1. The molecule has 12 heteroatoms. The van der Waals surface area contributed by atoms with Crippen molar-refractivity contribution >= 4 is 51.3 Å². The van der Waals surface area contributed by atoms with Gasteiger partial charge in [-0.15, -0.1) is 0 Å². The number of anilines is 1. The fourth-order valence-electron chi connectivity index (χ4n) is 1.75. The van der Waals surface area contributed by atoms with E-state index in [9.17, 15) is 13.8 Å². The van der Waals surface area contributed by atoms with Gasteiger partial charge < -0.3 is 15.1 Å². The van der Waals surface area contributed by atoms with Crippen molar-refractivity contribution in [3.05, 3.63) is 44.3 Å². The summed E-state index contributed by atoms with van der Waals surface area (Å²) in [5.74, 6) is -1.35. The minimum Gasteiger partial charge on any atom is -0.318 e. The number of aromatic nitrogens is 2. The summed E-state index contributed by atoms with van der Waals surface area (Å²) in [6.07, 6.45) is 0. The zero-order valence-electron chi connectivity index (χ0n) is 12.0. The SMILES string of the molecule is Cc1ccc(NC(=O)c2c(Br)c(Br)nn2COP(=O)(O)O)c(F)c1. The Hall–Kier alpha value is -1.10. The van der Waals surface area contributed by atoms with Crippen molar-refractivity contribution in [2.45, 2.75) is 13.7 Å². The Balaban J connectivity index is 2.29. The van der Waals surface area contributed by atoms with Gasteiger partial charge >= 0.3 is 7.82 Å². The van der Waals surface area contributed by atoms with Gasteiger partial charge in [-0.3, -0.25) is 9.32 Å². The number of benzene rings is 1. The van der Waals surface area contributed by atoms with Crippen LogP contribution in [0, 0.1) is 12.7 Å². The van der Waals surface area contributed by atoms with Gasteiger partial charge in [0.15, 0.2) is 6.73 Å². The average molecular weight is 487 g/mol. The van der Waals surface area contributed by atoms with Gasteiger partial charge in [-0.2, -0.15) is 5.10 Å². The number of halogens is 3. The number of carbonyl (C=O) groups excluding carboxylic acids is 1. The lowest BCUT2D eigenvalue weighted by molar-refractivity contribution is 0.0985. The highest BCUT2D eigenvalue weighted by Gasteiger charge is 2.24. The molecular formula is C12H11Br2FN3O5P. The van der Waals surface area contributed by atoms with Crippen molar-refractivity contribution in [2.24, 2.45) is 0 Å². The van der Waals surface area contributed by atoms with E-state index in [1.165, 1.54) is 12.1 Å². The van der Waals surface area contributed by atoms with Gasteiger partial charge in [0.25, 0.3) is 5.91 Å². The maximum Gasteiger partial charge on any atom is 0.471 e. The molecule has 24 heavy (non-hydrogen) atoms. The van der Waals surface area contributed by atoms with E-state index in [0.717, 1.165) is 4.68 Å². The first-order valence-electron chi connectivity index (χ1n) is 6.28. The van der Waals surface area contributed by atoms with Crippen LogP contribution in [-0.4, -0.2) is 25.5 Å². The van der Waals surface area contributed by atoms with Gasteiger partial charge in [0.05, 0.1) is 10.2 Å². The van der Waals surface area contributed by atoms with Crippen LogP contribution >= 0.6 is 39.7 Å². The predicted octanol–water partition coefficient (Wildman–Crippen LogP) is 3.17. The first kappa shape index (κ1) is 19.2. The van der Waals surface area contributed by atoms with E-state index in [4.69, 9.17) is 9.79 Å². The molecule has 0 saturated carbocycles. The Kier molecular flexibility index (Phi) is 5.95. The molecule has 0 bridgehead atoms. The summed E-state index contributed by atoms with van der Waals surface area (Å²) in [4.78, 5) is 29.9. The van der Waals surface area contributed by atoms with Crippen LogP contribution in [0.15, 0.2) is 27.3 Å². The first-order valence-corrected chi connectivity index (χ1v) is 9.39. The van der Waals surface area contributed by atoms with Crippen LogP contribution in [0.25, 0.3) is 0 Å². The number of hydrogen-bond donors (Lipinski definition) is 3. The molecule has 0 radical (unpaired) electrons. The average Bonchev–Trinajstić information content (AvgIpc) is 2.74. The summed E-state index contributed by atoms with van der Waals surface area (Å²) in [5.41, 5.74) is 0.544. The molecule has 0 atom stereocenters. The summed E-state index contributed by atoms with van der Waals surface area (Å²) >= 11 is 6.21. The lowest BCUT2D eigenvalue weighted by Gasteiger charge is -2.10. The highest BCUT2D eigenvalue weighted by Crippen LogP contribution is 2.37. The van der Waals surface area contributed by atoms with E-state index in [0.29, 0.717) is 5.56 Å². The zero-order chi connectivity index (χ0) is 18.1. The summed E-state index contributed by atoms with van der Waals surface area (Å²) < 4.78 is 30.4. The minimum atomic E-state index is -4.75. The fraction of sp³-hybridized carbons (Fsp3) is 0.167. The molecule has 1 aromatic carbocycles. The van der Waals surface area contributed by atoms with Crippen LogP contribution in [0.3, 0.4) is 0 Å². The summed E-state index contributed by atoms with van der Waals surface area (Å²) in [7, 11) is -4.75. The standard InChI is InChI=1S/C12H11Br2FN3O5P/c1-6-2-3-8(7(15)4-6)16-12(19)10-9(13)11(14)17-18(10)5-23-24(20,21)22/h2-4H,5H2,1H3,(H,16,19)(H2,20,21,22). The van der Waals surface area contributed by atoms with Crippen molar-refractivity contribution in [2.75, 3.05) is 5.32 Å². The summed E-state index contributed by atoms with van der Waals surface area (Å²) in [6, 6.07) is 4.28. The van der Waals surface area contributed by atoms with E-state index in [1.807, 2.05) is 0 Å². The van der Waals surface area contributed by atoms with Crippen LogP contribution in [-0.2, 0) is 15.8 Å². The summed E-state index contributed by atoms with van der Waals surface area (Å²) in [5, 5.41) is 6.25. The number of phosphoric ester groups is 1. The third kappa shape index (κ3) is 4.71. The number of amides is 1. The Morgan fingerprint density at radius 3 is 2.71 bits per heavy atom. The van der Waals surface area contributed by atoms with E-state index in [-0.39, 0.29) is 20.5 Å². The Bertz CT molecular complexity index is 838. The lowest BCUT2D eigenvalue weighted by atomic mass is 10.2. The molecule has 2 rings (SSSR count). The molecule has 0 aliphatic rings. The molecule has 1 amide bonds. The monoisotopic (exact) mass is 485 g/mol. The molecule has 130 valence electrons. The Labute approximate surface area is 152 Å². The van der Waals surface area contributed by atoms with Crippen molar-refractivity contribution < 1.29 is 28.1 Å². The zero-order valence-corrected chi connectivity index (χ0v) is 16.1. The van der Waals surface area contributed by atoms with Crippen LogP contribution in [0.5, 0.6) is 0 Å². The molecule has 0 aliphatic carbocycles. The smallest absolute Gasteiger partial charge is 0.318 e. The number of carbonyl (C=O) groups is 1. The molecule has 1 heterocycles. The van der Waals surface area contributed by atoms with Crippen molar-refractivity contribution in [1.29, 1.82) is 0 Å². The second-order valence-electron chi connectivity index (χ2n) is 4.64. The molecule has 0 unspecified atom stereocenters. The molecule has 0 spiro atoms. The molecule has 3 N–H and O–H groups in total. The van der Waals surface area contributed by atoms with Gasteiger partial charge in [0, 0.05) is 0 Å². The van der Waals surface area contributed by atoms with Crippen molar-refractivity contribution in [1.82, 2.24) is 9.78 Å². The topological polar surface area (TPSA) is 114 Å². The molecule has 0 saturated heterocycles. The van der Waals surface area contributed by atoms with E-state index in [2.05, 4.69) is 46.8 Å². The van der Waals surface area contributed by atoms with E-state index < -0.39 is 26.3 Å². The fourth-order valence-corrected chi connectivity index (χ4v) is 2.86. The Morgan fingerprint density at radius 1 is 1.46 bits per heavy atom. The molecule has 1 aromatic heterocycles. The van der Waals surface area contributed by atoms with Gasteiger partial charge in [-0.05, 0) is 56.5 Å². The largest absolute Gasteiger partial charge is 0.471 e. The second kappa shape index (κ2) is 7.42. The van der Waals surface area contributed by atoms with E-state index >= 15 is 0 Å². The number of nitrogens with one attached hydrogen (secondary N) is 1.